The van der Waals surface area contributed by atoms with Crippen LogP contribution in [0.1, 0.15) is 23.5 Å². The molecule has 2 rings (SSSR count). The van der Waals surface area contributed by atoms with Crippen LogP contribution in [-0.4, -0.2) is 18.5 Å². The molecule has 0 bridgehead atoms. The van der Waals surface area contributed by atoms with Gasteiger partial charge < -0.3 is 10.2 Å². The molecule has 3 nitrogen and oxygen atoms in total. The minimum Gasteiger partial charge on any atom is -0.465 e. The second kappa shape index (κ2) is 6.43. The molecule has 0 unspecified atom stereocenters. The Hall–Kier alpha value is -1.74. The summed E-state index contributed by atoms with van der Waals surface area (Å²) < 4.78 is 5.58. The highest BCUT2D eigenvalue weighted by Gasteiger charge is 2.04. The maximum Gasteiger partial charge on any atom is 0.118 e. The minimum atomic E-state index is 0.844. The standard InChI is InChI=1S/C16H22N2O/c1-13-8-9-16(19-13)12-18(2)10-4-6-14-5-3-7-15(17)11-14/h3,5,7-9,11H,4,6,10,12,17H2,1-2H3. The number of nitrogens with zero attached hydrogens (tertiary/aromatic N) is 1. The van der Waals surface area contributed by atoms with Crippen LogP contribution in [0, 0.1) is 6.92 Å². The van der Waals surface area contributed by atoms with Crippen molar-refractivity contribution in [2.24, 2.45) is 0 Å². The third-order valence-electron chi connectivity index (χ3n) is 3.18. The number of hydrogen-bond acceptors (Lipinski definition) is 3. The van der Waals surface area contributed by atoms with Crippen molar-refractivity contribution in [3.63, 3.8) is 0 Å². The summed E-state index contributed by atoms with van der Waals surface area (Å²) in [5, 5.41) is 0. The summed E-state index contributed by atoms with van der Waals surface area (Å²) in [4.78, 5) is 2.28. The summed E-state index contributed by atoms with van der Waals surface area (Å²) in [5.74, 6) is 2.01. The molecule has 0 aliphatic carbocycles. The summed E-state index contributed by atoms with van der Waals surface area (Å²) >= 11 is 0. The van der Waals surface area contributed by atoms with Gasteiger partial charge in [-0.2, -0.15) is 0 Å². The van der Waals surface area contributed by atoms with Crippen molar-refractivity contribution in [3.8, 4) is 0 Å². The minimum absolute atomic E-state index is 0.844. The van der Waals surface area contributed by atoms with E-state index in [4.69, 9.17) is 10.2 Å². The Kier molecular flexibility index (Phi) is 4.63. The zero-order valence-corrected chi connectivity index (χ0v) is 11.7. The van der Waals surface area contributed by atoms with E-state index in [2.05, 4.69) is 24.1 Å². The van der Waals surface area contributed by atoms with E-state index in [1.54, 1.807) is 0 Å². The number of aryl methyl sites for hydroxylation is 2. The number of rotatable bonds is 6. The fourth-order valence-corrected chi connectivity index (χ4v) is 2.22. The predicted octanol–water partition coefficient (Wildman–Crippen LogP) is 3.23. The first-order chi connectivity index (χ1) is 9.13. The molecule has 0 spiro atoms. The first-order valence-electron chi connectivity index (χ1n) is 6.72. The van der Waals surface area contributed by atoms with Gasteiger partial charge in [0.1, 0.15) is 11.5 Å². The van der Waals surface area contributed by atoms with Gasteiger partial charge in [-0.25, -0.2) is 0 Å². The molecule has 1 aromatic carbocycles. The number of anilines is 1. The highest BCUT2D eigenvalue weighted by atomic mass is 16.3. The van der Waals surface area contributed by atoms with Crippen molar-refractivity contribution in [2.45, 2.75) is 26.3 Å². The van der Waals surface area contributed by atoms with Gasteiger partial charge in [0.2, 0.25) is 0 Å². The van der Waals surface area contributed by atoms with Crippen molar-refractivity contribution in [3.05, 3.63) is 53.5 Å². The van der Waals surface area contributed by atoms with Crippen LogP contribution in [0.2, 0.25) is 0 Å². The second-order valence-corrected chi connectivity index (χ2v) is 5.10. The normalized spacial score (nSPS) is 11.1. The van der Waals surface area contributed by atoms with Crippen molar-refractivity contribution < 1.29 is 4.42 Å². The molecule has 3 heteroatoms. The summed E-state index contributed by atoms with van der Waals surface area (Å²) in [6, 6.07) is 12.2. The first-order valence-corrected chi connectivity index (χ1v) is 6.72. The van der Waals surface area contributed by atoms with Crippen LogP contribution < -0.4 is 5.73 Å². The number of nitrogen functional groups attached to an aromatic ring is 1. The number of nitrogens with two attached hydrogens (primary N) is 1. The van der Waals surface area contributed by atoms with Crippen molar-refractivity contribution in [2.75, 3.05) is 19.3 Å². The van der Waals surface area contributed by atoms with Crippen LogP contribution in [0.5, 0.6) is 0 Å². The molecule has 0 saturated carbocycles. The molecule has 2 aromatic rings. The molecule has 1 heterocycles. The Bertz CT molecular complexity index is 519. The largest absolute Gasteiger partial charge is 0.465 e. The van der Waals surface area contributed by atoms with Crippen LogP contribution in [0.4, 0.5) is 5.69 Å². The maximum atomic E-state index is 5.77. The van der Waals surface area contributed by atoms with Gasteiger partial charge in [-0.05, 0) is 63.2 Å². The Labute approximate surface area is 115 Å². The van der Waals surface area contributed by atoms with E-state index in [0.29, 0.717) is 0 Å². The van der Waals surface area contributed by atoms with Gasteiger partial charge >= 0.3 is 0 Å². The molecule has 0 aliphatic rings. The van der Waals surface area contributed by atoms with Gasteiger partial charge in [0.05, 0.1) is 6.54 Å². The smallest absolute Gasteiger partial charge is 0.118 e. The zero-order valence-electron chi connectivity index (χ0n) is 11.7. The van der Waals surface area contributed by atoms with Crippen molar-refractivity contribution in [1.82, 2.24) is 4.90 Å². The second-order valence-electron chi connectivity index (χ2n) is 5.10. The first kappa shape index (κ1) is 13.7. The monoisotopic (exact) mass is 258 g/mol. The predicted molar refractivity (Wildman–Crippen MR) is 79.0 cm³/mol. The fraction of sp³-hybridized carbons (Fsp3) is 0.375. The summed E-state index contributed by atoms with van der Waals surface area (Å²) in [6.45, 7) is 3.89. The number of furan rings is 1. The van der Waals surface area contributed by atoms with E-state index in [-0.39, 0.29) is 0 Å². The van der Waals surface area contributed by atoms with Crippen LogP contribution in [-0.2, 0) is 13.0 Å². The quantitative estimate of drug-likeness (QED) is 0.809. The molecule has 1 aromatic heterocycles. The average molecular weight is 258 g/mol. The van der Waals surface area contributed by atoms with E-state index in [1.165, 1.54) is 5.56 Å². The molecule has 0 aliphatic heterocycles. The maximum absolute atomic E-state index is 5.77. The molecule has 0 atom stereocenters. The van der Waals surface area contributed by atoms with Crippen LogP contribution in [0.3, 0.4) is 0 Å². The van der Waals surface area contributed by atoms with E-state index < -0.39 is 0 Å². The molecule has 2 N–H and O–H groups in total. The Balaban J connectivity index is 1.73. The summed E-state index contributed by atoms with van der Waals surface area (Å²) in [6.07, 6.45) is 2.19. The van der Waals surface area contributed by atoms with E-state index in [9.17, 15) is 0 Å². The molecule has 19 heavy (non-hydrogen) atoms. The van der Waals surface area contributed by atoms with Gasteiger partial charge in [-0.15, -0.1) is 0 Å². The highest BCUT2D eigenvalue weighted by Crippen LogP contribution is 2.11. The van der Waals surface area contributed by atoms with E-state index in [1.807, 2.05) is 31.2 Å². The molecule has 102 valence electrons. The lowest BCUT2D eigenvalue weighted by Gasteiger charge is -2.14. The average Bonchev–Trinajstić information content (AvgIpc) is 2.75. The molecule has 0 radical (unpaired) electrons. The van der Waals surface area contributed by atoms with Gasteiger partial charge in [0, 0.05) is 5.69 Å². The Morgan fingerprint density at radius 3 is 2.74 bits per heavy atom. The van der Waals surface area contributed by atoms with E-state index in [0.717, 1.165) is 43.1 Å². The third kappa shape index (κ3) is 4.45. The molecule has 0 saturated heterocycles. The zero-order chi connectivity index (χ0) is 13.7. The van der Waals surface area contributed by atoms with Crippen LogP contribution in [0.15, 0.2) is 40.8 Å². The van der Waals surface area contributed by atoms with Gasteiger partial charge in [-0.1, -0.05) is 12.1 Å². The summed E-state index contributed by atoms with van der Waals surface area (Å²) in [5.41, 5.74) is 7.92. The van der Waals surface area contributed by atoms with Crippen LogP contribution >= 0.6 is 0 Å². The fourth-order valence-electron chi connectivity index (χ4n) is 2.22. The number of hydrogen-bond donors (Lipinski definition) is 1. The molecule has 0 amide bonds. The lowest BCUT2D eigenvalue weighted by molar-refractivity contribution is 0.289. The van der Waals surface area contributed by atoms with Gasteiger partial charge in [0.25, 0.3) is 0 Å². The lowest BCUT2D eigenvalue weighted by atomic mass is 10.1. The van der Waals surface area contributed by atoms with E-state index >= 15 is 0 Å². The van der Waals surface area contributed by atoms with Crippen molar-refractivity contribution in [1.29, 1.82) is 0 Å². The SMILES string of the molecule is Cc1ccc(CN(C)CCCc2cccc(N)c2)o1. The lowest BCUT2D eigenvalue weighted by Crippen LogP contribution is -2.19. The molecular formula is C16H22N2O. The van der Waals surface area contributed by atoms with Crippen molar-refractivity contribution >= 4 is 5.69 Å². The topological polar surface area (TPSA) is 42.4 Å². The van der Waals surface area contributed by atoms with Crippen LogP contribution in [0.25, 0.3) is 0 Å². The van der Waals surface area contributed by atoms with Gasteiger partial charge in [0.15, 0.2) is 0 Å². The number of benzene rings is 1. The highest BCUT2D eigenvalue weighted by molar-refractivity contribution is 5.40. The molecule has 0 fully saturated rings. The van der Waals surface area contributed by atoms with Gasteiger partial charge in [-0.3, -0.25) is 4.90 Å². The Morgan fingerprint density at radius 1 is 1.21 bits per heavy atom. The Morgan fingerprint density at radius 2 is 2.05 bits per heavy atom. The third-order valence-corrected chi connectivity index (χ3v) is 3.18. The summed E-state index contributed by atoms with van der Waals surface area (Å²) in [7, 11) is 2.12. The molecular weight excluding hydrogens is 236 g/mol.